The van der Waals surface area contributed by atoms with Gasteiger partial charge in [0.25, 0.3) is 0 Å². The van der Waals surface area contributed by atoms with Crippen molar-refractivity contribution in [3.05, 3.63) is 29.7 Å². The van der Waals surface area contributed by atoms with Gasteiger partial charge in [-0.1, -0.05) is 0 Å². The number of hydrogen-bond acceptors (Lipinski definition) is 5. The minimum Gasteiger partial charge on any atom is -0.487 e. The number of hydrogen-bond donors (Lipinski definition) is 1. The number of aromatic carboxylic acids is 1. The summed E-state index contributed by atoms with van der Waals surface area (Å²) in [5, 5.41) is 9.48. The van der Waals surface area contributed by atoms with E-state index in [9.17, 15) is 14.3 Å². The fourth-order valence-electron chi connectivity index (χ4n) is 4.14. The number of ether oxygens (including phenoxy) is 3. The van der Waals surface area contributed by atoms with Gasteiger partial charge >= 0.3 is 5.97 Å². The number of halogens is 1. The van der Waals surface area contributed by atoms with Gasteiger partial charge in [-0.2, -0.15) is 0 Å². The van der Waals surface area contributed by atoms with E-state index in [0.29, 0.717) is 18.9 Å². The molecule has 2 aliphatic rings. The van der Waals surface area contributed by atoms with Gasteiger partial charge in [0.2, 0.25) is 0 Å². The van der Waals surface area contributed by atoms with E-state index in [0.717, 1.165) is 25.0 Å². The molecule has 2 bridgehead atoms. The lowest BCUT2D eigenvalue weighted by Gasteiger charge is -2.27. The molecule has 1 saturated carbocycles. The minimum absolute atomic E-state index is 0.0259. The second-order valence-electron chi connectivity index (χ2n) is 7.42. The van der Waals surface area contributed by atoms with Gasteiger partial charge in [-0.3, -0.25) is 0 Å². The molecule has 1 aliphatic heterocycles. The van der Waals surface area contributed by atoms with E-state index in [1.54, 1.807) is 17.4 Å². The maximum absolute atomic E-state index is 12.8. The van der Waals surface area contributed by atoms with Crippen LogP contribution in [0, 0.1) is 0 Å². The first kappa shape index (κ1) is 18.2. The van der Waals surface area contributed by atoms with Crippen LogP contribution in [0.2, 0.25) is 0 Å². The minimum atomic E-state index is -1.13. The summed E-state index contributed by atoms with van der Waals surface area (Å²) < 4.78 is 31.7. The van der Waals surface area contributed by atoms with Crippen molar-refractivity contribution in [2.45, 2.75) is 50.4 Å². The molecule has 3 heterocycles. The summed E-state index contributed by atoms with van der Waals surface area (Å²) in [6.07, 6.45) is 5.05. The normalized spacial score (nSPS) is 28.0. The van der Waals surface area contributed by atoms with Crippen LogP contribution in [0.1, 0.15) is 49.2 Å². The number of alkyl halides is 1. The Labute approximate surface area is 156 Å². The van der Waals surface area contributed by atoms with Crippen LogP contribution in [0.4, 0.5) is 4.39 Å². The lowest BCUT2D eigenvalue weighted by Crippen LogP contribution is -2.30. The van der Waals surface area contributed by atoms with Crippen molar-refractivity contribution in [3.8, 4) is 5.75 Å². The third-order valence-corrected chi connectivity index (χ3v) is 5.49. The monoisotopic (exact) mass is 378 g/mol. The van der Waals surface area contributed by atoms with Crippen molar-refractivity contribution in [2.75, 3.05) is 19.9 Å². The molecule has 0 radical (unpaired) electrons. The highest BCUT2D eigenvalue weighted by Crippen LogP contribution is 2.54. The van der Waals surface area contributed by atoms with Crippen LogP contribution in [0.15, 0.2) is 18.5 Å². The first-order valence-corrected chi connectivity index (χ1v) is 9.17. The number of fused-ring (bicyclic) bond motifs is 3. The quantitative estimate of drug-likeness (QED) is 0.798. The van der Waals surface area contributed by atoms with E-state index in [1.165, 1.54) is 6.20 Å². The molecule has 4 rings (SSSR count). The number of rotatable bonds is 7. The molecule has 2 aromatic heterocycles. The van der Waals surface area contributed by atoms with Gasteiger partial charge in [-0.15, -0.1) is 0 Å². The average molecular weight is 378 g/mol. The van der Waals surface area contributed by atoms with Gasteiger partial charge in [-0.05, 0) is 20.3 Å². The Balaban J connectivity index is 1.72. The summed E-state index contributed by atoms with van der Waals surface area (Å²) in [5.41, 5.74) is 1.17. The molecule has 1 N–H and O–H groups in total. The highest BCUT2D eigenvalue weighted by molar-refractivity contribution is 5.91. The number of pyridine rings is 1. The van der Waals surface area contributed by atoms with Crippen LogP contribution < -0.4 is 4.74 Å². The Morgan fingerprint density at radius 2 is 2.30 bits per heavy atom. The SMILES string of the molecule is CCO[C@@]12CC[C@@](c3cn4cc(C(=O)O)c(O[C@@H](C)CF)cc4n3)(CO1)C2. The lowest BCUT2D eigenvalue weighted by atomic mass is 9.85. The molecule has 2 aromatic rings. The Hall–Kier alpha value is -2.19. The zero-order chi connectivity index (χ0) is 19.2. The maximum atomic E-state index is 12.8. The molecule has 27 heavy (non-hydrogen) atoms. The van der Waals surface area contributed by atoms with Gasteiger partial charge in [0.05, 0.1) is 12.3 Å². The molecular weight excluding hydrogens is 355 g/mol. The summed E-state index contributed by atoms with van der Waals surface area (Å²) in [6.45, 7) is 3.92. The van der Waals surface area contributed by atoms with Crippen LogP contribution in [-0.2, 0) is 14.9 Å². The number of carboxylic acid groups (broad SMARTS) is 1. The van der Waals surface area contributed by atoms with Crippen molar-refractivity contribution >= 4 is 11.6 Å². The highest BCUT2D eigenvalue weighted by atomic mass is 19.1. The summed E-state index contributed by atoms with van der Waals surface area (Å²) in [4.78, 5) is 16.3. The van der Waals surface area contributed by atoms with Crippen molar-refractivity contribution in [2.24, 2.45) is 0 Å². The second-order valence-corrected chi connectivity index (χ2v) is 7.42. The molecule has 0 unspecified atom stereocenters. The molecule has 0 amide bonds. The standard InChI is InChI=1S/C19H23FN2O5/c1-3-25-19-5-4-18(10-19,11-26-19)15-9-22-8-13(17(23)24)14(6-16(22)21-15)27-12(2)7-20/h6,8-9,12H,3-5,7,10-11H2,1-2H3,(H,23,24)/t12-,18-,19-/m0/s1. The van der Waals surface area contributed by atoms with E-state index >= 15 is 0 Å². The number of aromatic nitrogens is 2. The molecule has 0 aromatic carbocycles. The Bertz CT molecular complexity index is 872. The number of nitrogens with zero attached hydrogens (tertiary/aromatic N) is 2. The van der Waals surface area contributed by atoms with Crippen molar-refractivity contribution in [3.63, 3.8) is 0 Å². The van der Waals surface area contributed by atoms with Crippen LogP contribution in [0.25, 0.3) is 5.65 Å². The van der Waals surface area contributed by atoms with E-state index < -0.39 is 24.5 Å². The molecule has 146 valence electrons. The van der Waals surface area contributed by atoms with Gasteiger partial charge in [-0.25, -0.2) is 14.2 Å². The van der Waals surface area contributed by atoms with Gasteiger partial charge in [0.15, 0.2) is 5.79 Å². The Morgan fingerprint density at radius 3 is 2.93 bits per heavy atom. The zero-order valence-corrected chi connectivity index (χ0v) is 15.4. The molecule has 2 fully saturated rings. The van der Waals surface area contributed by atoms with Crippen molar-refractivity contribution in [1.82, 2.24) is 9.38 Å². The van der Waals surface area contributed by atoms with E-state index in [2.05, 4.69) is 0 Å². The van der Waals surface area contributed by atoms with Crippen LogP contribution >= 0.6 is 0 Å². The van der Waals surface area contributed by atoms with E-state index in [4.69, 9.17) is 19.2 Å². The Morgan fingerprint density at radius 1 is 1.48 bits per heavy atom. The number of imidazole rings is 1. The van der Waals surface area contributed by atoms with Gasteiger partial charge < -0.3 is 23.7 Å². The zero-order valence-electron chi connectivity index (χ0n) is 15.4. The third kappa shape index (κ3) is 2.96. The lowest BCUT2D eigenvalue weighted by molar-refractivity contribution is -0.212. The summed E-state index contributed by atoms with van der Waals surface area (Å²) in [6, 6.07) is 1.55. The predicted octanol–water partition coefficient (Wildman–Crippen LogP) is 2.95. The smallest absolute Gasteiger partial charge is 0.341 e. The fraction of sp³-hybridized carbons (Fsp3) is 0.579. The molecule has 1 aliphatic carbocycles. The first-order chi connectivity index (χ1) is 12.9. The largest absolute Gasteiger partial charge is 0.487 e. The highest BCUT2D eigenvalue weighted by Gasteiger charge is 2.58. The maximum Gasteiger partial charge on any atom is 0.341 e. The van der Waals surface area contributed by atoms with Crippen LogP contribution in [0.5, 0.6) is 5.75 Å². The first-order valence-electron chi connectivity index (χ1n) is 9.17. The third-order valence-electron chi connectivity index (χ3n) is 5.49. The summed E-state index contributed by atoms with van der Waals surface area (Å²) in [7, 11) is 0. The second kappa shape index (κ2) is 6.45. The molecule has 1 saturated heterocycles. The fourth-order valence-corrected chi connectivity index (χ4v) is 4.14. The predicted molar refractivity (Wildman–Crippen MR) is 94.1 cm³/mol. The molecular formula is C19H23FN2O5. The molecule has 7 nitrogen and oxygen atoms in total. The van der Waals surface area contributed by atoms with Crippen molar-refractivity contribution < 1.29 is 28.5 Å². The summed E-state index contributed by atoms with van der Waals surface area (Å²) in [5.74, 6) is -1.54. The topological polar surface area (TPSA) is 82.3 Å². The van der Waals surface area contributed by atoms with E-state index in [-0.39, 0.29) is 16.7 Å². The molecule has 3 atom stereocenters. The average Bonchev–Trinajstić information content (AvgIpc) is 3.32. The van der Waals surface area contributed by atoms with E-state index in [1.807, 2.05) is 13.1 Å². The van der Waals surface area contributed by atoms with Crippen LogP contribution in [0.3, 0.4) is 0 Å². The Kier molecular flexibility index (Phi) is 4.35. The molecule has 8 heteroatoms. The van der Waals surface area contributed by atoms with Gasteiger partial charge in [0, 0.05) is 43.3 Å². The number of carbonyl (C=O) groups is 1. The van der Waals surface area contributed by atoms with Crippen LogP contribution in [-0.4, -0.2) is 52.2 Å². The number of carboxylic acids is 1. The van der Waals surface area contributed by atoms with Crippen molar-refractivity contribution in [1.29, 1.82) is 0 Å². The van der Waals surface area contributed by atoms with Gasteiger partial charge in [0.1, 0.15) is 29.7 Å². The summed E-state index contributed by atoms with van der Waals surface area (Å²) >= 11 is 0. The molecule has 0 spiro atoms.